The summed E-state index contributed by atoms with van der Waals surface area (Å²) in [5.74, 6) is -3.55. The summed E-state index contributed by atoms with van der Waals surface area (Å²) in [5.41, 5.74) is -0.673. The topological polar surface area (TPSA) is 47.7 Å². The van der Waals surface area contributed by atoms with Crippen LogP contribution in [0.15, 0.2) is 29.2 Å². The van der Waals surface area contributed by atoms with Gasteiger partial charge in [0, 0.05) is 25.9 Å². The third kappa shape index (κ3) is 3.24. The van der Waals surface area contributed by atoms with E-state index in [1.54, 1.807) is 22.5 Å². The number of aryl methyl sites for hydroxylation is 1. The third-order valence-electron chi connectivity index (χ3n) is 3.99. The predicted octanol–water partition coefficient (Wildman–Crippen LogP) is 4.45. The van der Waals surface area contributed by atoms with Gasteiger partial charge in [-0.05, 0) is 17.9 Å². The van der Waals surface area contributed by atoms with Crippen LogP contribution in [0.4, 0.5) is 27.8 Å². The number of nitrogens with zero attached hydrogens (tertiary/aromatic N) is 4. The minimum atomic E-state index is -5.70. The maximum atomic E-state index is 13.8. The first kappa shape index (κ1) is 19.5. The van der Waals surface area contributed by atoms with Crippen LogP contribution in [0.5, 0.6) is 0 Å². The highest BCUT2D eigenvalue weighted by Crippen LogP contribution is 2.43. The fourth-order valence-corrected chi connectivity index (χ4v) is 3.45. The molecule has 0 spiro atoms. The van der Waals surface area contributed by atoms with Crippen molar-refractivity contribution in [3.8, 4) is 11.5 Å². The average Bonchev–Trinajstić information content (AvgIpc) is 2.98. The van der Waals surface area contributed by atoms with E-state index in [1.165, 1.54) is 11.8 Å². The first-order chi connectivity index (χ1) is 12.6. The molecule has 3 heterocycles. The van der Waals surface area contributed by atoms with E-state index in [0.717, 1.165) is 23.1 Å². The first-order valence-electron chi connectivity index (χ1n) is 7.89. The summed E-state index contributed by atoms with van der Waals surface area (Å²) in [6.07, 6.45) is -1.61. The molecule has 1 aliphatic rings. The molecule has 2 aromatic rings. The summed E-state index contributed by atoms with van der Waals surface area (Å²) in [7, 11) is 3.45. The molecule has 0 amide bonds. The highest BCUT2D eigenvalue weighted by atomic mass is 32.2. The van der Waals surface area contributed by atoms with Crippen LogP contribution < -0.4 is 5.32 Å². The van der Waals surface area contributed by atoms with Crippen molar-refractivity contribution in [3.05, 3.63) is 29.9 Å². The average molecular weight is 405 g/mol. The van der Waals surface area contributed by atoms with Gasteiger partial charge in [-0.25, -0.2) is 9.97 Å². The number of rotatable bonds is 4. The zero-order valence-electron chi connectivity index (χ0n) is 14.6. The van der Waals surface area contributed by atoms with Crippen LogP contribution in [0.1, 0.15) is 12.6 Å². The third-order valence-corrected chi connectivity index (χ3v) is 5.04. The second-order valence-corrected chi connectivity index (χ2v) is 7.07. The Hall–Kier alpha value is -2.30. The van der Waals surface area contributed by atoms with Crippen LogP contribution >= 0.6 is 11.8 Å². The molecule has 0 bridgehead atoms. The fourth-order valence-electron chi connectivity index (χ4n) is 2.65. The number of imidazole rings is 2. The molecule has 2 aromatic heterocycles. The zero-order chi connectivity index (χ0) is 20.0. The van der Waals surface area contributed by atoms with Crippen LogP contribution in [0.25, 0.3) is 17.6 Å². The maximum Gasteiger partial charge on any atom is 0.458 e. The summed E-state index contributed by atoms with van der Waals surface area (Å²) in [5, 5.41) is 3.54. The number of fused-ring (bicyclic) bond motifs is 1. The Morgan fingerprint density at radius 2 is 1.89 bits per heavy atom. The lowest BCUT2D eigenvalue weighted by molar-refractivity contribution is -0.262. The SMILES string of the molecule is CCSc1c(-c2nc3c(n2C)NC=CC(C(F)(F)C(F)(F)F)=C3)ncn1C. The lowest BCUT2D eigenvalue weighted by Gasteiger charge is -2.20. The number of hydrogen-bond donors (Lipinski definition) is 1. The Balaban J connectivity index is 2.12. The second-order valence-electron chi connectivity index (χ2n) is 5.82. The van der Waals surface area contributed by atoms with Gasteiger partial charge in [0.05, 0.1) is 6.33 Å². The van der Waals surface area contributed by atoms with E-state index in [1.807, 2.05) is 14.0 Å². The summed E-state index contributed by atoms with van der Waals surface area (Å²) >= 11 is 1.53. The van der Waals surface area contributed by atoms with Gasteiger partial charge in [-0.2, -0.15) is 22.0 Å². The minimum absolute atomic E-state index is 0.0190. The van der Waals surface area contributed by atoms with E-state index >= 15 is 0 Å². The number of halogens is 5. The van der Waals surface area contributed by atoms with E-state index < -0.39 is 17.7 Å². The largest absolute Gasteiger partial charge is 0.458 e. The van der Waals surface area contributed by atoms with Gasteiger partial charge < -0.3 is 14.5 Å². The van der Waals surface area contributed by atoms with E-state index in [2.05, 4.69) is 15.3 Å². The number of allylic oxidation sites excluding steroid dienone is 2. The normalized spacial score (nSPS) is 14.6. The van der Waals surface area contributed by atoms with Crippen LogP contribution in [-0.2, 0) is 14.1 Å². The van der Waals surface area contributed by atoms with E-state index in [-0.39, 0.29) is 5.69 Å². The first-order valence-corrected chi connectivity index (χ1v) is 8.87. The van der Waals surface area contributed by atoms with Crippen LogP contribution in [-0.4, -0.2) is 37.0 Å². The van der Waals surface area contributed by atoms with Gasteiger partial charge in [0.15, 0.2) is 5.82 Å². The quantitative estimate of drug-likeness (QED) is 0.603. The molecule has 0 aromatic carbocycles. The van der Waals surface area contributed by atoms with Crippen molar-refractivity contribution in [1.82, 2.24) is 19.1 Å². The van der Waals surface area contributed by atoms with Gasteiger partial charge >= 0.3 is 12.1 Å². The van der Waals surface area contributed by atoms with Crippen molar-refractivity contribution < 1.29 is 22.0 Å². The molecule has 0 atom stereocenters. The van der Waals surface area contributed by atoms with Crippen molar-refractivity contribution in [1.29, 1.82) is 0 Å². The lowest BCUT2D eigenvalue weighted by Crippen LogP contribution is -2.37. The molecule has 27 heavy (non-hydrogen) atoms. The number of aromatic nitrogens is 4. The smallest absolute Gasteiger partial charge is 0.346 e. The Morgan fingerprint density at radius 3 is 2.52 bits per heavy atom. The molecule has 0 fully saturated rings. The van der Waals surface area contributed by atoms with Gasteiger partial charge in [-0.3, -0.25) is 0 Å². The van der Waals surface area contributed by atoms with Crippen LogP contribution in [0.2, 0.25) is 0 Å². The number of nitrogens with one attached hydrogen (secondary N) is 1. The Labute approximate surface area is 156 Å². The summed E-state index contributed by atoms with van der Waals surface area (Å²) in [6, 6.07) is 0. The molecule has 0 aliphatic carbocycles. The minimum Gasteiger partial charge on any atom is -0.346 e. The summed E-state index contributed by atoms with van der Waals surface area (Å²) in [4.78, 5) is 8.58. The Morgan fingerprint density at radius 1 is 1.19 bits per heavy atom. The molecule has 1 N–H and O–H groups in total. The lowest BCUT2D eigenvalue weighted by atomic mass is 10.1. The number of alkyl halides is 5. The van der Waals surface area contributed by atoms with Gasteiger partial charge in [-0.1, -0.05) is 6.92 Å². The van der Waals surface area contributed by atoms with Crippen molar-refractivity contribution >= 4 is 23.7 Å². The van der Waals surface area contributed by atoms with Crippen molar-refractivity contribution in [2.75, 3.05) is 11.1 Å². The molecule has 11 heteroatoms. The highest BCUT2D eigenvalue weighted by Gasteiger charge is 2.59. The molecule has 5 nitrogen and oxygen atoms in total. The van der Waals surface area contributed by atoms with E-state index in [9.17, 15) is 22.0 Å². The molecular weight excluding hydrogens is 389 g/mol. The molecule has 3 rings (SSSR count). The zero-order valence-corrected chi connectivity index (χ0v) is 15.4. The van der Waals surface area contributed by atoms with Crippen molar-refractivity contribution in [2.45, 2.75) is 24.0 Å². The van der Waals surface area contributed by atoms with Crippen molar-refractivity contribution in [2.24, 2.45) is 14.1 Å². The highest BCUT2D eigenvalue weighted by molar-refractivity contribution is 7.99. The van der Waals surface area contributed by atoms with Gasteiger partial charge in [0.2, 0.25) is 0 Å². The molecule has 0 radical (unpaired) electrons. The fraction of sp³-hybridized carbons (Fsp3) is 0.375. The molecular formula is C16H16F5N5S. The maximum absolute atomic E-state index is 13.8. The monoisotopic (exact) mass is 405 g/mol. The summed E-state index contributed by atoms with van der Waals surface area (Å²) in [6.45, 7) is 1.97. The Kier molecular flexibility index (Phi) is 4.83. The molecule has 1 aliphatic heterocycles. The number of thioether (sulfide) groups is 1. The van der Waals surface area contributed by atoms with Gasteiger partial charge in [0.25, 0.3) is 0 Å². The van der Waals surface area contributed by atoms with Gasteiger partial charge in [-0.15, -0.1) is 11.8 Å². The number of hydrogen-bond acceptors (Lipinski definition) is 4. The van der Waals surface area contributed by atoms with Crippen LogP contribution in [0.3, 0.4) is 0 Å². The van der Waals surface area contributed by atoms with E-state index in [0.29, 0.717) is 23.4 Å². The number of anilines is 1. The van der Waals surface area contributed by atoms with Gasteiger partial charge in [0.1, 0.15) is 22.2 Å². The van der Waals surface area contributed by atoms with Crippen molar-refractivity contribution in [3.63, 3.8) is 0 Å². The van der Waals surface area contributed by atoms with E-state index in [4.69, 9.17) is 0 Å². The molecule has 0 saturated heterocycles. The Bertz CT molecular complexity index is 923. The molecule has 0 unspecified atom stereocenters. The van der Waals surface area contributed by atoms with Crippen LogP contribution in [0, 0.1) is 0 Å². The standard InChI is InChI=1S/C16H16F5N5S/c1-4-27-14-11(23-8-25(14)2)13-24-10-7-9(15(17,18)16(19,20)21)5-6-22-12(10)26(13)3/h5-8,22H,4H2,1-3H3. The molecule has 0 saturated carbocycles. The second kappa shape index (κ2) is 6.70. The molecule has 146 valence electrons. The summed E-state index contributed by atoms with van der Waals surface area (Å²) < 4.78 is 69.1. The predicted molar refractivity (Wildman–Crippen MR) is 93.5 cm³/mol.